The average Bonchev–Trinajstić information content (AvgIpc) is 3.10. The lowest BCUT2D eigenvalue weighted by molar-refractivity contribution is -0.123. The van der Waals surface area contributed by atoms with Crippen molar-refractivity contribution < 1.29 is 14.3 Å². The first kappa shape index (κ1) is 17.9. The maximum Gasteiger partial charge on any atom is 0.277 e. The third kappa shape index (κ3) is 5.55. The van der Waals surface area contributed by atoms with Crippen molar-refractivity contribution in [2.45, 2.75) is 0 Å². The molecule has 132 valence electrons. The molecule has 0 bridgehead atoms. The molecule has 0 radical (unpaired) electrons. The quantitative estimate of drug-likeness (QED) is 0.572. The van der Waals surface area contributed by atoms with Gasteiger partial charge in [0.1, 0.15) is 5.75 Å². The number of rotatable bonds is 6. The summed E-state index contributed by atoms with van der Waals surface area (Å²) in [6.07, 6.45) is 1.64. The summed E-state index contributed by atoms with van der Waals surface area (Å²) in [5, 5.41) is 5.17. The van der Waals surface area contributed by atoms with Crippen molar-refractivity contribution in [3.05, 3.63) is 45.7 Å². The molecule has 0 aliphatic carbocycles. The van der Waals surface area contributed by atoms with E-state index in [-0.39, 0.29) is 12.5 Å². The molecule has 1 N–H and O–H groups in total. The highest BCUT2D eigenvalue weighted by molar-refractivity contribution is 9.10. The van der Waals surface area contributed by atoms with E-state index in [0.29, 0.717) is 5.75 Å². The molecular formula is C17H18BrN3O3S. The Kier molecular flexibility index (Phi) is 6.43. The number of thiophene rings is 1. The minimum Gasteiger partial charge on any atom is -0.484 e. The number of amides is 1. The van der Waals surface area contributed by atoms with Crippen LogP contribution in [0.1, 0.15) is 4.88 Å². The molecule has 2 heterocycles. The molecule has 1 aliphatic rings. The topological polar surface area (TPSA) is 63.2 Å². The molecule has 3 rings (SSSR count). The Morgan fingerprint density at radius 2 is 2.20 bits per heavy atom. The zero-order valence-corrected chi connectivity index (χ0v) is 15.9. The number of nitrogens with one attached hydrogen (secondary N) is 1. The van der Waals surface area contributed by atoms with Gasteiger partial charge in [-0.05, 0) is 30.3 Å². The summed E-state index contributed by atoms with van der Waals surface area (Å²) in [5.74, 6) is 0.322. The van der Waals surface area contributed by atoms with Crippen LogP contribution in [0.25, 0.3) is 0 Å². The van der Waals surface area contributed by atoms with Gasteiger partial charge in [0.15, 0.2) is 6.61 Å². The van der Waals surface area contributed by atoms with E-state index in [1.807, 2.05) is 18.2 Å². The van der Waals surface area contributed by atoms with E-state index < -0.39 is 0 Å². The van der Waals surface area contributed by atoms with E-state index >= 15 is 0 Å². The van der Waals surface area contributed by atoms with Crippen molar-refractivity contribution in [2.24, 2.45) is 5.10 Å². The highest BCUT2D eigenvalue weighted by Gasteiger charge is 2.12. The molecule has 1 aromatic carbocycles. The van der Waals surface area contributed by atoms with E-state index in [1.165, 1.54) is 5.00 Å². The minimum atomic E-state index is -0.304. The normalized spacial score (nSPS) is 14.7. The standard InChI is InChI=1S/C17H18BrN3O3S/c18-13-2-1-3-14(10-13)24-12-16(22)20-19-11-15-4-5-17(25-15)21-6-8-23-9-7-21/h1-5,10-11H,6-9,12H2,(H,20,22). The Bertz CT molecular complexity index is 744. The van der Waals surface area contributed by atoms with Crippen LogP contribution in [-0.4, -0.2) is 45.0 Å². The van der Waals surface area contributed by atoms with Crippen LogP contribution in [0.3, 0.4) is 0 Å². The lowest BCUT2D eigenvalue weighted by Gasteiger charge is -2.27. The number of ether oxygens (including phenoxy) is 2. The van der Waals surface area contributed by atoms with Crippen molar-refractivity contribution >= 4 is 44.4 Å². The maximum atomic E-state index is 11.8. The summed E-state index contributed by atoms with van der Waals surface area (Å²) in [5.41, 5.74) is 2.47. The number of benzene rings is 1. The summed E-state index contributed by atoms with van der Waals surface area (Å²) in [6, 6.07) is 11.4. The lowest BCUT2D eigenvalue weighted by atomic mass is 10.3. The predicted molar refractivity (Wildman–Crippen MR) is 103 cm³/mol. The fourth-order valence-corrected chi connectivity index (χ4v) is 3.58. The van der Waals surface area contributed by atoms with Crippen LogP contribution in [0.4, 0.5) is 5.00 Å². The van der Waals surface area contributed by atoms with Crippen molar-refractivity contribution in [3.8, 4) is 5.75 Å². The van der Waals surface area contributed by atoms with Gasteiger partial charge in [0.25, 0.3) is 5.91 Å². The highest BCUT2D eigenvalue weighted by Crippen LogP contribution is 2.25. The zero-order valence-electron chi connectivity index (χ0n) is 13.5. The molecule has 8 heteroatoms. The maximum absolute atomic E-state index is 11.8. The third-order valence-electron chi connectivity index (χ3n) is 3.48. The van der Waals surface area contributed by atoms with Crippen LogP contribution >= 0.6 is 27.3 Å². The molecule has 0 spiro atoms. The zero-order chi connectivity index (χ0) is 17.5. The molecule has 6 nitrogen and oxygen atoms in total. The number of anilines is 1. The molecule has 0 unspecified atom stereocenters. The van der Waals surface area contributed by atoms with E-state index in [1.54, 1.807) is 29.7 Å². The largest absolute Gasteiger partial charge is 0.484 e. The Labute approximate surface area is 158 Å². The van der Waals surface area contributed by atoms with Gasteiger partial charge < -0.3 is 14.4 Å². The van der Waals surface area contributed by atoms with Crippen molar-refractivity contribution in [2.75, 3.05) is 37.8 Å². The second kappa shape index (κ2) is 8.98. The molecular weight excluding hydrogens is 406 g/mol. The van der Waals surface area contributed by atoms with Crippen LogP contribution in [0.15, 0.2) is 46.0 Å². The second-order valence-electron chi connectivity index (χ2n) is 5.31. The molecule has 1 saturated heterocycles. The van der Waals surface area contributed by atoms with Gasteiger partial charge in [0.2, 0.25) is 0 Å². The first-order chi connectivity index (χ1) is 12.2. The number of morpholine rings is 1. The van der Waals surface area contributed by atoms with Gasteiger partial charge in [0.05, 0.1) is 24.4 Å². The van der Waals surface area contributed by atoms with Crippen LogP contribution in [0, 0.1) is 0 Å². The molecule has 1 aliphatic heterocycles. The van der Waals surface area contributed by atoms with Crippen LogP contribution in [-0.2, 0) is 9.53 Å². The van der Waals surface area contributed by atoms with Crippen LogP contribution < -0.4 is 15.1 Å². The number of hydrazone groups is 1. The summed E-state index contributed by atoms with van der Waals surface area (Å²) in [7, 11) is 0. The summed E-state index contributed by atoms with van der Waals surface area (Å²) in [4.78, 5) is 15.0. The SMILES string of the molecule is O=C(COc1cccc(Br)c1)NN=Cc1ccc(N2CCOCC2)s1. The Morgan fingerprint density at radius 3 is 3.00 bits per heavy atom. The number of hydrogen-bond acceptors (Lipinski definition) is 6. The molecule has 1 amide bonds. The number of hydrogen-bond donors (Lipinski definition) is 1. The third-order valence-corrected chi connectivity index (χ3v) is 5.06. The monoisotopic (exact) mass is 423 g/mol. The van der Waals surface area contributed by atoms with E-state index in [4.69, 9.17) is 9.47 Å². The van der Waals surface area contributed by atoms with E-state index in [2.05, 4.69) is 37.4 Å². The fourth-order valence-electron chi connectivity index (χ4n) is 2.27. The Hall–Kier alpha value is -1.90. The molecule has 1 fully saturated rings. The van der Waals surface area contributed by atoms with Crippen LogP contribution in [0.5, 0.6) is 5.75 Å². The van der Waals surface area contributed by atoms with Gasteiger partial charge in [-0.1, -0.05) is 22.0 Å². The number of nitrogens with zero attached hydrogens (tertiary/aromatic N) is 2. The first-order valence-corrected chi connectivity index (χ1v) is 9.44. The summed E-state index contributed by atoms with van der Waals surface area (Å²) >= 11 is 4.99. The molecule has 0 atom stereocenters. The number of carbonyl (C=O) groups is 1. The van der Waals surface area contributed by atoms with Gasteiger partial charge in [-0.3, -0.25) is 4.79 Å². The first-order valence-electron chi connectivity index (χ1n) is 7.83. The fraction of sp³-hybridized carbons (Fsp3) is 0.294. The average molecular weight is 424 g/mol. The van der Waals surface area contributed by atoms with Gasteiger partial charge >= 0.3 is 0 Å². The van der Waals surface area contributed by atoms with Gasteiger partial charge in [-0.25, -0.2) is 5.43 Å². The molecule has 1 aromatic heterocycles. The molecule has 2 aromatic rings. The Morgan fingerprint density at radius 1 is 1.36 bits per heavy atom. The van der Waals surface area contributed by atoms with Gasteiger partial charge in [0, 0.05) is 22.4 Å². The van der Waals surface area contributed by atoms with Crippen molar-refractivity contribution in [3.63, 3.8) is 0 Å². The number of halogens is 1. The summed E-state index contributed by atoms with van der Waals surface area (Å²) in [6.45, 7) is 3.24. The number of carbonyl (C=O) groups excluding carboxylic acids is 1. The minimum absolute atomic E-state index is 0.0861. The van der Waals surface area contributed by atoms with E-state index in [9.17, 15) is 4.79 Å². The van der Waals surface area contributed by atoms with Gasteiger partial charge in [-0.15, -0.1) is 11.3 Å². The predicted octanol–water partition coefficient (Wildman–Crippen LogP) is 2.88. The highest BCUT2D eigenvalue weighted by atomic mass is 79.9. The molecule has 0 saturated carbocycles. The summed E-state index contributed by atoms with van der Waals surface area (Å²) < 4.78 is 11.7. The van der Waals surface area contributed by atoms with Gasteiger partial charge in [-0.2, -0.15) is 5.10 Å². The van der Waals surface area contributed by atoms with Crippen LogP contribution in [0.2, 0.25) is 0 Å². The van der Waals surface area contributed by atoms with Crippen molar-refractivity contribution in [1.29, 1.82) is 0 Å². The second-order valence-corrected chi connectivity index (χ2v) is 7.32. The smallest absolute Gasteiger partial charge is 0.277 e. The molecule has 25 heavy (non-hydrogen) atoms. The van der Waals surface area contributed by atoms with Crippen molar-refractivity contribution in [1.82, 2.24) is 5.43 Å². The van der Waals surface area contributed by atoms with E-state index in [0.717, 1.165) is 35.7 Å². The Balaban J connectivity index is 1.44. The lowest BCUT2D eigenvalue weighted by Crippen LogP contribution is -2.35.